The number of rotatable bonds is 4. The van der Waals surface area contributed by atoms with Gasteiger partial charge in [0.25, 0.3) is 11.7 Å². The van der Waals surface area contributed by atoms with Crippen molar-refractivity contribution < 1.29 is 19.1 Å². The molecule has 1 N–H and O–H groups in total. The highest BCUT2D eigenvalue weighted by Gasteiger charge is 2.46. The summed E-state index contributed by atoms with van der Waals surface area (Å²) in [6, 6.07) is 18.3. The van der Waals surface area contributed by atoms with Crippen molar-refractivity contribution in [2.24, 2.45) is 0 Å². The average molecular weight is 394 g/mol. The summed E-state index contributed by atoms with van der Waals surface area (Å²) in [4.78, 5) is 27.0. The van der Waals surface area contributed by atoms with Gasteiger partial charge in [-0.25, -0.2) is 0 Å². The number of benzene rings is 2. The van der Waals surface area contributed by atoms with E-state index in [2.05, 4.69) is 0 Å². The van der Waals surface area contributed by atoms with Crippen molar-refractivity contribution in [1.29, 1.82) is 0 Å². The minimum Gasteiger partial charge on any atom is -0.507 e. The summed E-state index contributed by atoms with van der Waals surface area (Å²) >= 11 is 6.00. The zero-order valence-electron chi connectivity index (χ0n) is 14.7. The first kappa shape index (κ1) is 18.1. The van der Waals surface area contributed by atoms with Crippen LogP contribution in [0.2, 0.25) is 5.02 Å². The van der Waals surface area contributed by atoms with Gasteiger partial charge < -0.3 is 14.4 Å². The fraction of sp³-hybridized carbons (Fsp3) is 0.0909. The normalized spacial score (nSPS) is 18.6. The molecule has 2 aromatic carbocycles. The van der Waals surface area contributed by atoms with Crippen LogP contribution in [0.1, 0.15) is 22.9 Å². The Bertz CT molecular complexity index is 1040. The third kappa shape index (κ3) is 3.21. The van der Waals surface area contributed by atoms with Gasteiger partial charge in [0.1, 0.15) is 11.5 Å². The molecular weight excluding hydrogens is 378 g/mol. The Morgan fingerprint density at radius 2 is 1.71 bits per heavy atom. The van der Waals surface area contributed by atoms with E-state index in [1.807, 2.05) is 6.07 Å². The molecule has 0 spiro atoms. The Morgan fingerprint density at radius 3 is 2.36 bits per heavy atom. The number of nitrogens with zero attached hydrogens (tertiary/aromatic N) is 1. The first-order chi connectivity index (χ1) is 13.6. The van der Waals surface area contributed by atoms with Crippen LogP contribution in [0.5, 0.6) is 0 Å². The lowest BCUT2D eigenvalue weighted by Gasteiger charge is -2.24. The highest BCUT2D eigenvalue weighted by Crippen LogP contribution is 2.40. The molecule has 0 aliphatic carbocycles. The summed E-state index contributed by atoms with van der Waals surface area (Å²) in [6.45, 7) is 0.108. The summed E-state index contributed by atoms with van der Waals surface area (Å²) < 4.78 is 5.36. The molecule has 6 heteroatoms. The Morgan fingerprint density at radius 1 is 1.00 bits per heavy atom. The van der Waals surface area contributed by atoms with E-state index >= 15 is 0 Å². The standard InChI is InChI=1S/C22H16ClNO4/c23-16-10-8-14(9-11-16)19-18(20(25)15-5-2-1-3-6-15)21(26)22(27)24(19)13-17-7-4-12-28-17/h1-12,19,25H,13H2. The fourth-order valence-electron chi connectivity index (χ4n) is 3.36. The van der Waals surface area contributed by atoms with Crippen LogP contribution in [0.15, 0.2) is 83.0 Å². The molecule has 1 fully saturated rings. The Balaban J connectivity index is 1.86. The van der Waals surface area contributed by atoms with Gasteiger partial charge in [-0.15, -0.1) is 0 Å². The number of amides is 1. The lowest BCUT2D eigenvalue weighted by Crippen LogP contribution is -2.29. The van der Waals surface area contributed by atoms with Crippen LogP contribution < -0.4 is 0 Å². The van der Waals surface area contributed by atoms with Gasteiger partial charge >= 0.3 is 0 Å². The molecule has 1 aliphatic rings. The predicted octanol–water partition coefficient (Wildman–Crippen LogP) is 4.55. The van der Waals surface area contributed by atoms with Crippen molar-refractivity contribution >= 4 is 29.1 Å². The Kier molecular flexibility index (Phi) is 4.75. The number of hydrogen-bond acceptors (Lipinski definition) is 4. The van der Waals surface area contributed by atoms with E-state index < -0.39 is 17.7 Å². The van der Waals surface area contributed by atoms with Gasteiger partial charge in [0, 0.05) is 10.6 Å². The largest absolute Gasteiger partial charge is 0.507 e. The van der Waals surface area contributed by atoms with E-state index in [-0.39, 0.29) is 17.9 Å². The number of Topliss-reactive ketones (excluding diaryl/α,β-unsaturated/α-hetero) is 1. The minimum absolute atomic E-state index is 0.0464. The van der Waals surface area contributed by atoms with Crippen molar-refractivity contribution in [3.8, 4) is 0 Å². The molecule has 0 saturated carbocycles. The lowest BCUT2D eigenvalue weighted by molar-refractivity contribution is -0.140. The number of carbonyl (C=O) groups is 2. The number of carbonyl (C=O) groups excluding carboxylic acids is 2. The second kappa shape index (κ2) is 7.37. The van der Waals surface area contributed by atoms with E-state index in [4.69, 9.17) is 16.0 Å². The number of hydrogen-bond donors (Lipinski definition) is 1. The summed E-state index contributed by atoms with van der Waals surface area (Å²) in [5.41, 5.74) is 1.19. The number of aliphatic hydroxyl groups excluding tert-OH is 1. The highest BCUT2D eigenvalue weighted by molar-refractivity contribution is 6.46. The number of ketones is 1. The molecule has 1 aliphatic heterocycles. The maximum Gasteiger partial charge on any atom is 0.296 e. The molecule has 1 aromatic heterocycles. The van der Waals surface area contributed by atoms with E-state index in [9.17, 15) is 14.7 Å². The monoisotopic (exact) mass is 393 g/mol. The molecule has 4 rings (SSSR count). The molecule has 0 radical (unpaired) electrons. The number of halogens is 1. The maximum atomic E-state index is 12.8. The molecule has 3 aromatic rings. The second-order valence-corrected chi connectivity index (χ2v) is 6.86. The second-order valence-electron chi connectivity index (χ2n) is 6.42. The SMILES string of the molecule is O=C1C(=O)N(Cc2ccco2)C(c2ccc(Cl)cc2)C1=C(O)c1ccccc1. The lowest BCUT2D eigenvalue weighted by atomic mass is 9.95. The molecule has 28 heavy (non-hydrogen) atoms. The maximum absolute atomic E-state index is 12.8. The highest BCUT2D eigenvalue weighted by atomic mass is 35.5. The van der Waals surface area contributed by atoms with Gasteiger partial charge in [-0.05, 0) is 29.8 Å². The van der Waals surface area contributed by atoms with E-state index in [0.29, 0.717) is 21.9 Å². The summed E-state index contributed by atoms with van der Waals surface area (Å²) in [5, 5.41) is 11.4. The topological polar surface area (TPSA) is 70.8 Å². The van der Waals surface area contributed by atoms with Gasteiger partial charge in [-0.3, -0.25) is 9.59 Å². The summed E-state index contributed by atoms with van der Waals surface area (Å²) in [5.74, 6) is -1.08. The summed E-state index contributed by atoms with van der Waals surface area (Å²) in [7, 11) is 0. The molecule has 140 valence electrons. The zero-order chi connectivity index (χ0) is 19.7. The van der Waals surface area contributed by atoms with Gasteiger partial charge in [-0.2, -0.15) is 0 Å². The zero-order valence-corrected chi connectivity index (χ0v) is 15.5. The van der Waals surface area contributed by atoms with Crippen molar-refractivity contribution in [3.05, 3.63) is 100 Å². The van der Waals surface area contributed by atoms with Crippen LogP contribution in [-0.4, -0.2) is 21.7 Å². The molecule has 1 saturated heterocycles. The van der Waals surface area contributed by atoms with Crippen LogP contribution in [0, 0.1) is 0 Å². The fourth-order valence-corrected chi connectivity index (χ4v) is 3.48. The van der Waals surface area contributed by atoms with E-state index in [0.717, 1.165) is 0 Å². The van der Waals surface area contributed by atoms with Crippen molar-refractivity contribution in [2.75, 3.05) is 0 Å². The van der Waals surface area contributed by atoms with E-state index in [1.54, 1.807) is 60.7 Å². The van der Waals surface area contributed by atoms with E-state index in [1.165, 1.54) is 11.2 Å². The van der Waals surface area contributed by atoms with Crippen LogP contribution in [0.3, 0.4) is 0 Å². The molecule has 2 heterocycles. The van der Waals surface area contributed by atoms with Crippen LogP contribution in [-0.2, 0) is 16.1 Å². The molecule has 1 unspecified atom stereocenters. The number of furan rings is 1. The molecule has 1 atom stereocenters. The summed E-state index contributed by atoms with van der Waals surface area (Å²) in [6.07, 6.45) is 1.51. The first-order valence-electron chi connectivity index (χ1n) is 8.68. The predicted molar refractivity (Wildman–Crippen MR) is 104 cm³/mol. The number of likely N-dealkylation sites (tertiary alicyclic amines) is 1. The molecule has 1 amide bonds. The molecule has 0 bridgehead atoms. The Labute approximate surface area is 166 Å². The van der Waals surface area contributed by atoms with Gasteiger partial charge in [0.2, 0.25) is 0 Å². The van der Waals surface area contributed by atoms with Crippen LogP contribution >= 0.6 is 11.6 Å². The van der Waals surface area contributed by atoms with Crippen LogP contribution in [0.25, 0.3) is 5.76 Å². The van der Waals surface area contributed by atoms with Crippen molar-refractivity contribution in [1.82, 2.24) is 4.90 Å². The van der Waals surface area contributed by atoms with Crippen LogP contribution in [0.4, 0.5) is 0 Å². The van der Waals surface area contributed by atoms with Gasteiger partial charge in [-0.1, -0.05) is 54.1 Å². The molecular formula is C22H16ClNO4. The smallest absolute Gasteiger partial charge is 0.296 e. The minimum atomic E-state index is -0.748. The first-order valence-corrected chi connectivity index (χ1v) is 9.05. The van der Waals surface area contributed by atoms with Gasteiger partial charge in [0.15, 0.2) is 0 Å². The molecule has 5 nitrogen and oxygen atoms in total. The number of aliphatic hydroxyl groups is 1. The average Bonchev–Trinajstić information content (AvgIpc) is 3.31. The van der Waals surface area contributed by atoms with Crippen molar-refractivity contribution in [3.63, 3.8) is 0 Å². The third-order valence-electron chi connectivity index (χ3n) is 4.68. The third-order valence-corrected chi connectivity index (χ3v) is 4.93. The quantitative estimate of drug-likeness (QED) is 0.401. The van der Waals surface area contributed by atoms with Gasteiger partial charge in [0.05, 0.1) is 24.4 Å². The Hall–Kier alpha value is -3.31. The van der Waals surface area contributed by atoms with Crippen molar-refractivity contribution in [2.45, 2.75) is 12.6 Å².